The molecular formula is C20H20FN5O5S. The molecule has 2 heterocycles. The Hall–Kier alpha value is -3.64. The van der Waals surface area contributed by atoms with E-state index in [1.807, 2.05) is 0 Å². The molecule has 10 nitrogen and oxygen atoms in total. The molecule has 0 unspecified atom stereocenters. The van der Waals surface area contributed by atoms with E-state index in [0.717, 1.165) is 16.9 Å². The van der Waals surface area contributed by atoms with Crippen LogP contribution in [0.2, 0.25) is 0 Å². The number of hydrogen-bond acceptors (Lipinski definition) is 9. The van der Waals surface area contributed by atoms with Crippen molar-refractivity contribution in [1.29, 1.82) is 0 Å². The molecular weight excluding hydrogens is 441 g/mol. The van der Waals surface area contributed by atoms with Crippen LogP contribution in [0.3, 0.4) is 0 Å². The van der Waals surface area contributed by atoms with Crippen molar-refractivity contribution in [3.8, 4) is 16.3 Å². The van der Waals surface area contributed by atoms with Crippen LogP contribution in [0.25, 0.3) is 10.6 Å². The monoisotopic (exact) mass is 461 g/mol. The summed E-state index contributed by atoms with van der Waals surface area (Å²) in [5, 5.41) is 21.9. The average molecular weight is 461 g/mol. The second kappa shape index (κ2) is 10.6. The first-order valence-corrected chi connectivity index (χ1v) is 10.3. The van der Waals surface area contributed by atoms with E-state index in [1.54, 1.807) is 12.1 Å². The third kappa shape index (κ3) is 5.34. The molecule has 3 aromatic rings. The summed E-state index contributed by atoms with van der Waals surface area (Å²) in [6, 6.07) is 5.96. The Bertz CT molecular complexity index is 1160. The van der Waals surface area contributed by atoms with E-state index in [0.29, 0.717) is 17.7 Å². The highest BCUT2D eigenvalue weighted by Crippen LogP contribution is 2.25. The molecule has 0 aliphatic carbocycles. The normalized spacial score (nSPS) is 10.7. The highest BCUT2D eigenvalue weighted by atomic mass is 32.1. The summed E-state index contributed by atoms with van der Waals surface area (Å²) in [6.45, 7) is 0.0751. The van der Waals surface area contributed by atoms with Gasteiger partial charge in [-0.3, -0.25) is 14.3 Å². The van der Waals surface area contributed by atoms with E-state index >= 15 is 0 Å². The highest BCUT2D eigenvalue weighted by Gasteiger charge is 2.23. The molecule has 3 N–H and O–H groups in total. The Morgan fingerprint density at radius 1 is 1.31 bits per heavy atom. The zero-order valence-electron chi connectivity index (χ0n) is 17.0. The van der Waals surface area contributed by atoms with Gasteiger partial charge in [0.25, 0.3) is 5.91 Å². The minimum absolute atomic E-state index is 0.0607. The number of carbonyl (C=O) groups is 2. The molecule has 0 bridgehead atoms. The van der Waals surface area contributed by atoms with Crippen LogP contribution in [0, 0.1) is 5.82 Å². The molecule has 0 spiro atoms. The summed E-state index contributed by atoms with van der Waals surface area (Å²) in [7, 11) is 1.51. The summed E-state index contributed by atoms with van der Waals surface area (Å²) < 4.78 is 19.2. The number of hydrogen-bond donors (Lipinski definition) is 3. The zero-order valence-corrected chi connectivity index (χ0v) is 17.8. The molecule has 0 aliphatic rings. The third-order valence-corrected chi connectivity index (χ3v) is 5.28. The van der Waals surface area contributed by atoms with Gasteiger partial charge in [-0.05, 0) is 17.7 Å². The maximum atomic E-state index is 13.1. The van der Waals surface area contributed by atoms with Gasteiger partial charge in [0.05, 0.1) is 12.2 Å². The van der Waals surface area contributed by atoms with Gasteiger partial charge < -0.3 is 25.4 Å². The molecule has 1 aromatic carbocycles. The first-order chi connectivity index (χ1) is 15.4. The Kier molecular flexibility index (Phi) is 7.63. The van der Waals surface area contributed by atoms with Crippen molar-refractivity contribution in [2.24, 2.45) is 0 Å². The lowest BCUT2D eigenvalue weighted by Gasteiger charge is -2.15. The molecule has 12 heteroatoms. The van der Waals surface area contributed by atoms with Crippen molar-refractivity contribution in [2.45, 2.75) is 6.42 Å². The van der Waals surface area contributed by atoms with E-state index in [-0.39, 0.29) is 41.8 Å². The van der Waals surface area contributed by atoms with Gasteiger partial charge in [0.15, 0.2) is 16.5 Å². The van der Waals surface area contributed by atoms with Gasteiger partial charge in [-0.15, -0.1) is 10.2 Å². The smallest absolute Gasteiger partial charge is 0.273 e. The molecule has 0 radical (unpaired) electrons. The summed E-state index contributed by atoms with van der Waals surface area (Å²) in [5.41, 5.74) is 2.55. The predicted molar refractivity (Wildman–Crippen MR) is 115 cm³/mol. The first-order valence-electron chi connectivity index (χ1n) is 9.47. The van der Waals surface area contributed by atoms with Crippen molar-refractivity contribution in [1.82, 2.24) is 20.2 Å². The molecule has 0 fully saturated rings. The topological polar surface area (TPSA) is 135 Å². The molecule has 0 aliphatic heterocycles. The van der Waals surface area contributed by atoms with E-state index in [4.69, 9.17) is 4.74 Å². The number of nitrogens with one attached hydrogen (secondary N) is 2. The third-order valence-electron chi connectivity index (χ3n) is 4.32. The molecule has 1 amide bonds. The van der Waals surface area contributed by atoms with E-state index in [1.165, 1.54) is 30.1 Å². The van der Waals surface area contributed by atoms with Gasteiger partial charge in [0.1, 0.15) is 23.7 Å². The molecule has 32 heavy (non-hydrogen) atoms. The Morgan fingerprint density at radius 3 is 2.75 bits per heavy atom. The van der Waals surface area contributed by atoms with Crippen LogP contribution >= 0.6 is 11.3 Å². The van der Waals surface area contributed by atoms with Crippen LogP contribution in [0.15, 0.2) is 35.3 Å². The summed E-state index contributed by atoms with van der Waals surface area (Å²) in [4.78, 5) is 35.4. The lowest BCUT2D eigenvalue weighted by atomic mass is 10.2. The summed E-state index contributed by atoms with van der Waals surface area (Å²) >= 11 is 1.15. The van der Waals surface area contributed by atoms with Crippen LogP contribution in [-0.2, 0) is 16.0 Å². The molecule has 0 saturated heterocycles. The lowest BCUT2D eigenvalue weighted by Crippen LogP contribution is -2.33. The number of carbonyl (C=O) groups excluding carboxylic acids is 2. The van der Waals surface area contributed by atoms with E-state index < -0.39 is 17.1 Å². The van der Waals surface area contributed by atoms with E-state index in [2.05, 4.69) is 20.9 Å². The largest absolute Gasteiger partial charge is 0.502 e. The molecule has 0 atom stereocenters. The summed E-state index contributed by atoms with van der Waals surface area (Å²) in [5.74, 6) is -1.80. The standard InChI is InChI=1S/C20H20FN5O5S/c1-22-26-11-14(17(28)18(29)16(26)19(30)23-6-8-31-9-7-27)20-25-24-15(32-20)10-12-2-4-13(21)5-3-12/h2-5,7,11,22,29H,6,8-10H2,1H3,(H,23,30). The second-order valence-electron chi connectivity index (χ2n) is 6.46. The number of ether oxygens (including phenoxy) is 1. The van der Waals surface area contributed by atoms with Crippen molar-refractivity contribution in [3.63, 3.8) is 0 Å². The van der Waals surface area contributed by atoms with Crippen LogP contribution in [0.5, 0.6) is 5.75 Å². The minimum Gasteiger partial charge on any atom is -0.502 e. The number of aromatic hydroxyl groups is 1. The van der Waals surface area contributed by atoms with Gasteiger partial charge in [-0.25, -0.2) is 4.39 Å². The van der Waals surface area contributed by atoms with Gasteiger partial charge in [-0.2, -0.15) is 0 Å². The van der Waals surface area contributed by atoms with Crippen LogP contribution in [0.1, 0.15) is 21.1 Å². The highest BCUT2D eigenvalue weighted by molar-refractivity contribution is 7.14. The number of aldehydes is 1. The molecule has 168 valence electrons. The number of rotatable bonds is 10. The lowest BCUT2D eigenvalue weighted by molar-refractivity contribution is -0.111. The van der Waals surface area contributed by atoms with Crippen molar-refractivity contribution in [2.75, 3.05) is 32.2 Å². The fourth-order valence-corrected chi connectivity index (χ4v) is 3.69. The fraction of sp³-hybridized carbons (Fsp3) is 0.250. The first kappa shape index (κ1) is 23.0. The summed E-state index contributed by atoms with van der Waals surface area (Å²) in [6.07, 6.45) is 2.34. The van der Waals surface area contributed by atoms with Crippen LogP contribution < -0.4 is 16.2 Å². The second-order valence-corrected chi connectivity index (χ2v) is 7.53. The average Bonchev–Trinajstić information content (AvgIpc) is 3.24. The number of halogens is 1. The molecule has 2 aromatic heterocycles. The number of nitrogens with zero attached hydrogens (tertiary/aromatic N) is 3. The fourth-order valence-electron chi connectivity index (χ4n) is 2.81. The number of benzene rings is 1. The predicted octanol–water partition coefficient (Wildman–Crippen LogP) is 0.921. The maximum absolute atomic E-state index is 13.1. The molecule has 3 rings (SSSR count). The minimum atomic E-state index is -0.775. The Labute approximate surface area is 185 Å². The zero-order chi connectivity index (χ0) is 23.1. The maximum Gasteiger partial charge on any atom is 0.273 e. The van der Waals surface area contributed by atoms with E-state index in [9.17, 15) is 23.9 Å². The van der Waals surface area contributed by atoms with Gasteiger partial charge in [-0.1, -0.05) is 23.5 Å². The van der Waals surface area contributed by atoms with Gasteiger partial charge in [0, 0.05) is 26.2 Å². The van der Waals surface area contributed by atoms with Crippen LogP contribution in [0.4, 0.5) is 4.39 Å². The van der Waals surface area contributed by atoms with Crippen molar-refractivity contribution >= 4 is 23.5 Å². The number of pyridine rings is 1. The number of amides is 1. The van der Waals surface area contributed by atoms with Gasteiger partial charge in [0.2, 0.25) is 5.43 Å². The van der Waals surface area contributed by atoms with Crippen LogP contribution in [-0.4, -0.2) is 59.0 Å². The quantitative estimate of drug-likeness (QED) is 0.300. The number of aromatic nitrogens is 3. The van der Waals surface area contributed by atoms with Crippen molar-refractivity contribution in [3.05, 3.63) is 62.8 Å². The Morgan fingerprint density at radius 2 is 2.06 bits per heavy atom. The van der Waals surface area contributed by atoms with Gasteiger partial charge >= 0.3 is 0 Å². The molecule has 0 saturated carbocycles. The van der Waals surface area contributed by atoms with Crippen molar-refractivity contribution < 1.29 is 23.8 Å². The Balaban J connectivity index is 1.82. The SMILES string of the molecule is CNn1cc(-c2nnc(Cc3ccc(F)cc3)s2)c(=O)c(O)c1C(=O)NCCOCC=O.